The van der Waals surface area contributed by atoms with Gasteiger partial charge in [-0.2, -0.15) is 5.01 Å². The summed E-state index contributed by atoms with van der Waals surface area (Å²) in [6.45, 7) is 4.67. The minimum absolute atomic E-state index is 0.153. The minimum Gasteiger partial charge on any atom is -0.334 e. The number of nitrogens with zero attached hydrogens (tertiary/aromatic N) is 3. The molecule has 1 unspecified atom stereocenters. The molecule has 2 N–H and O–H groups in total. The molecule has 1 aliphatic heterocycles. The maximum absolute atomic E-state index is 12.2. The third-order valence-electron chi connectivity index (χ3n) is 4.93. The van der Waals surface area contributed by atoms with Crippen LogP contribution in [0.4, 0.5) is 4.79 Å². The SMILES string of the molecule is CC1CCC(NC(=O)N(CCCl)N=O)CC1.O=P1(N(CCCl)CCCl)NCCCO1. The summed E-state index contributed by atoms with van der Waals surface area (Å²) in [5, 5.41) is 9.20. The molecule has 0 aromatic rings. The Labute approximate surface area is 194 Å². The Balaban J connectivity index is 0.000000303. The Morgan fingerprint density at radius 3 is 2.20 bits per heavy atom. The fraction of sp³-hybridized carbons (Fsp3) is 0.941. The molecule has 13 heteroatoms. The second kappa shape index (κ2) is 15.6. The lowest BCUT2D eigenvalue weighted by Crippen LogP contribution is -2.44. The van der Waals surface area contributed by atoms with Gasteiger partial charge < -0.3 is 9.84 Å². The Kier molecular flexibility index (Phi) is 14.5. The molecule has 0 spiro atoms. The molecule has 0 aromatic heterocycles. The van der Waals surface area contributed by atoms with Gasteiger partial charge in [0.1, 0.15) is 0 Å². The Hall–Kier alpha value is -0.150. The highest BCUT2D eigenvalue weighted by atomic mass is 35.5. The third-order valence-corrected chi connectivity index (χ3v) is 7.74. The van der Waals surface area contributed by atoms with Gasteiger partial charge in [0.25, 0.3) is 0 Å². The van der Waals surface area contributed by atoms with Gasteiger partial charge in [0.2, 0.25) is 0 Å². The zero-order valence-electron chi connectivity index (χ0n) is 17.4. The van der Waals surface area contributed by atoms with Crippen LogP contribution < -0.4 is 10.4 Å². The summed E-state index contributed by atoms with van der Waals surface area (Å²) >= 11 is 16.7. The number of hydrogen-bond acceptors (Lipinski definition) is 5. The quantitative estimate of drug-likeness (QED) is 0.207. The summed E-state index contributed by atoms with van der Waals surface area (Å²) in [7, 11) is -2.84. The predicted octanol–water partition coefficient (Wildman–Crippen LogP) is 4.38. The first-order valence-corrected chi connectivity index (χ1v) is 13.4. The Bertz CT molecular complexity index is 539. The highest BCUT2D eigenvalue weighted by Crippen LogP contribution is 2.48. The molecule has 2 fully saturated rings. The zero-order chi connectivity index (χ0) is 22.4. The van der Waals surface area contributed by atoms with Crippen LogP contribution in [-0.4, -0.2) is 72.2 Å². The van der Waals surface area contributed by atoms with E-state index < -0.39 is 13.7 Å². The summed E-state index contributed by atoms with van der Waals surface area (Å²) in [5.41, 5.74) is 0. The van der Waals surface area contributed by atoms with Crippen LogP contribution in [0.5, 0.6) is 0 Å². The van der Waals surface area contributed by atoms with Crippen molar-refractivity contribution >= 4 is 48.5 Å². The van der Waals surface area contributed by atoms with Crippen LogP contribution in [0.15, 0.2) is 5.29 Å². The zero-order valence-corrected chi connectivity index (χ0v) is 20.6. The molecule has 30 heavy (non-hydrogen) atoms. The van der Waals surface area contributed by atoms with Crippen molar-refractivity contribution in [1.82, 2.24) is 20.1 Å². The smallest absolute Gasteiger partial charge is 0.334 e. The lowest BCUT2D eigenvalue weighted by molar-refractivity contribution is 0.191. The first-order valence-electron chi connectivity index (χ1n) is 10.2. The standard InChI is InChI=1S/C10H18ClN3O2.C7H15Cl2N2O2P/c1-8-2-4-9(5-3-8)12-10(15)14(13-16)7-6-11;8-2-5-11(6-3-9)14(12)10-4-1-7-13-14/h8-9H,2-7H2,1H3,(H,12,15);1-7H2,(H,10,12). The molecule has 1 saturated heterocycles. The van der Waals surface area contributed by atoms with E-state index >= 15 is 0 Å². The molecule has 2 aliphatic rings. The van der Waals surface area contributed by atoms with E-state index in [2.05, 4.69) is 22.6 Å². The molecule has 176 valence electrons. The van der Waals surface area contributed by atoms with Gasteiger partial charge in [-0.25, -0.2) is 14.6 Å². The highest BCUT2D eigenvalue weighted by molar-refractivity contribution is 7.54. The van der Waals surface area contributed by atoms with Gasteiger partial charge in [0.05, 0.1) is 18.4 Å². The number of rotatable bonds is 9. The van der Waals surface area contributed by atoms with Gasteiger partial charge in [-0.15, -0.1) is 39.7 Å². The average molecular weight is 509 g/mol. The largest absolute Gasteiger partial charge is 0.343 e. The van der Waals surface area contributed by atoms with Crippen molar-refractivity contribution in [3.63, 3.8) is 0 Å². The van der Waals surface area contributed by atoms with Gasteiger partial charge in [-0.3, -0.25) is 4.57 Å². The summed E-state index contributed by atoms with van der Waals surface area (Å²) in [6, 6.07) is -0.265. The van der Waals surface area contributed by atoms with Gasteiger partial charge >= 0.3 is 13.7 Å². The van der Waals surface area contributed by atoms with Crippen molar-refractivity contribution in [2.24, 2.45) is 11.2 Å². The molecule has 0 radical (unpaired) electrons. The summed E-state index contributed by atoms with van der Waals surface area (Å²) in [4.78, 5) is 22.0. The van der Waals surface area contributed by atoms with Crippen LogP contribution in [0.1, 0.15) is 39.0 Å². The van der Waals surface area contributed by atoms with Crippen molar-refractivity contribution in [2.75, 3.05) is 50.4 Å². The van der Waals surface area contributed by atoms with Gasteiger partial charge in [-0.05, 0) is 38.0 Å². The lowest BCUT2D eigenvalue weighted by Gasteiger charge is -2.33. The predicted molar refractivity (Wildman–Crippen MR) is 122 cm³/mol. The number of amides is 2. The van der Waals surface area contributed by atoms with E-state index in [0.29, 0.717) is 31.5 Å². The van der Waals surface area contributed by atoms with E-state index in [1.807, 2.05) is 0 Å². The van der Waals surface area contributed by atoms with E-state index in [1.54, 1.807) is 4.67 Å². The topological polar surface area (TPSA) is 103 Å². The molecule has 2 rings (SSSR count). The normalized spacial score (nSPS) is 26.4. The second-order valence-corrected chi connectivity index (χ2v) is 10.6. The van der Waals surface area contributed by atoms with Crippen LogP contribution in [0.2, 0.25) is 0 Å². The summed E-state index contributed by atoms with van der Waals surface area (Å²) in [6.07, 6.45) is 5.07. The van der Waals surface area contributed by atoms with Crippen molar-refractivity contribution in [3.8, 4) is 0 Å². The monoisotopic (exact) mass is 507 g/mol. The number of urea groups is 1. The first kappa shape index (κ1) is 27.9. The number of nitroso groups, excluding NO2 is 1. The molecular weight excluding hydrogens is 476 g/mol. The lowest BCUT2D eigenvalue weighted by atomic mass is 9.87. The number of halogens is 3. The minimum atomic E-state index is -2.84. The van der Waals surface area contributed by atoms with E-state index in [4.69, 9.17) is 39.3 Å². The maximum atomic E-state index is 12.2. The molecule has 0 bridgehead atoms. The van der Waals surface area contributed by atoms with E-state index in [9.17, 15) is 14.3 Å². The Morgan fingerprint density at radius 2 is 1.73 bits per heavy atom. The second-order valence-electron chi connectivity index (χ2n) is 7.25. The van der Waals surface area contributed by atoms with Crippen LogP contribution in [-0.2, 0) is 9.09 Å². The maximum Gasteiger partial charge on any atom is 0.343 e. The van der Waals surface area contributed by atoms with Gasteiger partial charge in [-0.1, -0.05) is 6.92 Å². The van der Waals surface area contributed by atoms with Crippen molar-refractivity contribution in [2.45, 2.75) is 45.1 Å². The fourth-order valence-corrected chi connectivity index (χ4v) is 5.99. The highest BCUT2D eigenvalue weighted by Gasteiger charge is 2.32. The number of hydrogen-bond donors (Lipinski definition) is 2. The van der Waals surface area contributed by atoms with Gasteiger partial charge in [0, 0.05) is 43.3 Å². The van der Waals surface area contributed by atoms with Crippen LogP contribution in [0, 0.1) is 10.8 Å². The average Bonchev–Trinajstić information content (AvgIpc) is 2.74. The van der Waals surface area contributed by atoms with Crippen molar-refractivity contribution < 1.29 is 13.9 Å². The number of carbonyl (C=O) groups excluding carboxylic acids is 1. The molecule has 9 nitrogen and oxygen atoms in total. The van der Waals surface area contributed by atoms with Crippen molar-refractivity contribution in [1.29, 1.82) is 0 Å². The molecule has 1 heterocycles. The van der Waals surface area contributed by atoms with E-state index in [-0.39, 0.29) is 18.5 Å². The number of nitrogens with one attached hydrogen (secondary N) is 2. The molecule has 1 aliphatic carbocycles. The van der Waals surface area contributed by atoms with Crippen LogP contribution in [0.3, 0.4) is 0 Å². The number of carbonyl (C=O) groups is 1. The van der Waals surface area contributed by atoms with Gasteiger partial charge in [0.15, 0.2) is 0 Å². The van der Waals surface area contributed by atoms with Crippen LogP contribution in [0.25, 0.3) is 0 Å². The number of alkyl halides is 3. The van der Waals surface area contributed by atoms with E-state index in [1.165, 1.54) is 0 Å². The summed E-state index contributed by atoms with van der Waals surface area (Å²) in [5.74, 6) is 1.79. The molecule has 0 aromatic carbocycles. The molecule has 1 atom stereocenters. The molecule has 1 saturated carbocycles. The molecule has 2 amide bonds. The summed E-state index contributed by atoms with van der Waals surface area (Å²) < 4.78 is 19.2. The first-order chi connectivity index (χ1) is 14.4. The van der Waals surface area contributed by atoms with Crippen LogP contribution >= 0.6 is 42.5 Å². The Morgan fingerprint density at radius 1 is 1.13 bits per heavy atom. The molecular formula is C17H33Cl3N5O4P. The fourth-order valence-electron chi connectivity index (χ4n) is 3.19. The van der Waals surface area contributed by atoms with E-state index in [0.717, 1.165) is 49.6 Å². The van der Waals surface area contributed by atoms with Crippen molar-refractivity contribution in [3.05, 3.63) is 4.91 Å². The third kappa shape index (κ3) is 9.98.